The lowest BCUT2D eigenvalue weighted by atomic mass is 9.66. The summed E-state index contributed by atoms with van der Waals surface area (Å²) in [7, 11) is 0. The summed E-state index contributed by atoms with van der Waals surface area (Å²) in [6, 6.07) is 87.4. The first kappa shape index (κ1) is 35.5. The van der Waals surface area contributed by atoms with E-state index in [4.69, 9.17) is 0 Å². The van der Waals surface area contributed by atoms with Gasteiger partial charge in [-0.15, -0.1) is 0 Å². The van der Waals surface area contributed by atoms with Gasteiger partial charge in [0.05, 0.1) is 16.8 Å². The predicted octanol–water partition coefficient (Wildman–Crippen LogP) is 16.1. The van der Waals surface area contributed by atoms with Gasteiger partial charge < -0.3 is 4.90 Å². The summed E-state index contributed by atoms with van der Waals surface area (Å²) in [6.07, 6.45) is 0. The van der Waals surface area contributed by atoms with Crippen LogP contribution in [-0.4, -0.2) is 0 Å². The van der Waals surface area contributed by atoms with Crippen LogP contribution in [0.25, 0.3) is 55.3 Å². The third-order valence-corrected chi connectivity index (χ3v) is 13.9. The molecule has 286 valence electrons. The van der Waals surface area contributed by atoms with E-state index in [1.165, 1.54) is 87.3 Å². The Bertz CT molecular complexity index is 3220. The van der Waals surface area contributed by atoms with Crippen LogP contribution >= 0.6 is 11.8 Å². The molecule has 0 atom stereocenters. The first-order valence-corrected chi connectivity index (χ1v) is 21.8. The van der Waals surface area contributed by atoms with Crippen LogP contribution in [0, 0.1) is 0 Å². The maximum atomic E-state index is 2.54. The van der Waals surface area contributed by atoms with Crippen molar-refractivity contribution in [2.75, 3.05) is 4.90 Å². The molecule has 1 heterocycles. The van der Waals surface area contributed by atoms with Crippen LogP contribution in [0.5, 0.6) is 0 Å². The van der Waals surface area contributed by atoms with Gasteiger partial charge in [0.25, 0.3) is 0 Å². The Hall–Kier alpha value is -7.39. The Kier molecular flexibility index (Phi) is 8.40. The summed E-state index contributed by atoms with van der Waals surface area (Å²) in [6.45, 7) is 0. The zero-order valence-electron chi connectivity index (χ0n) is 33.4. The molecule has 10 aromatic carbocycles. The molecular formula is C59H39NS. The van der Waals surface area contributed by atoms with Crippen molar-refractivity contribution in [3.05, 3.63) is 259 Å². The first-order valence-electron chi connectivity index (χ1n) is 21.0. The molecular weight excluding hydrogens is 755 g/mol. The second kappa shape index (κ2) is 14.4. The highest BCUT2D eigenvalue weighted by Gasteiger charge is 2.52. The van der Waals surface area contributed by atoms with Crippen molar-refractivity contribution in [2.45, 2.75) is 15.2 Å². The number of hydrogen-bond donors (Lipinski definition) is 0. The minimum atomic E-state index is -0.594. The maximum Gasteiger partial charge on any atom is 0.0756 e. The van der Waals surface area contributed by atoms with Gasteiger partial charge in [-0.3, -0.25) is 0 Å². The van der Waals surface area contributed by atoms with E-state index in [1.807, 2.05) is 11.8 Å². The maximum absolute atomic E-state index is 2.54. The quantitative estimate of drug-likeness (QED) is 0.165. The fourth-order valence-corrected chi connectivity index (χ4v) is 11.4. The number of hydrogen-bond acceptors (Lipinski definition) is 2. The summed E-state index contributed by atoms with van der Waals surface area (Å²) >= 11 is 1.92. The van der Waals surface area contributed by atoms with Crippen LogP contribution in [0.1, 0.15) is 22.3 Å². The Morgan fingerprint density at radius 3 is 1.59 bits per heavy atom. The fourth-order valence-electron chi connectivity index (χ4n) is 10.1. The van der Waals surface area contributed by atoms with Crippen molar-refractivity contribution in [2.24, 2.45) is 0 Å². The number of fused-ring (bicyclic) bond motifs is 11. The van der Waals surface area contributed by atoms with Crippen LogP contribution in [0.3, 0.4) is 0 Å². The van der Waals surface area contributed by atoms with E-state index in [2.05, 4.69) is 241 Å². The smallest absolute Gasteiger partial charge is 0.0756 e. The number of anilines is 3. The molecule has 0 saturated heterocycles. The molecule has 10 aromatic rings. The second-order valence-electron chi connectivity index (χ2n) is 16.0. The monoisotopic (exact) mass is 793 g/mol. The van der Waals surface area contributed by atoms with Gasteiger partial charge in [-0.05, 0) is 103 Å². The highest BCUT2D eigenvalue weighted by molar-refractivity contribution is 7.99. The van der Waals surface area contributed by atoms with E-state index < -0.39 is 5.41 Å². The minimum absolute atomic E-state index is 0.594. The molecule has 2 aliphatic rings. The summed E-state index contributed by atoms with van der Waals surface area (Å²) in [5.41, 5.74) is 17.8. The van der Waals surface area contributed by atoms with E-state index in [0.29, 0.717) is 0 Å². The van der Waals surface area contributed by atoms with E-state index >= 15 is 0 Å². The molecule has 1 spiro atoms. The molecule has 0 aromatic heterocycles. The molecule has 0 fully saturated rings. The molecule has 0 N–H and O–H groups in total. The Morgan fingerprint density at radius 2 is 0.902 bits per heavy atom. The van der Waals surface area contributed by atoms with Crippen molar-refractivity contribution in [1.29, 1.82) is 0 Å². The molecule has 0 radical (unpaired) electrons. The van der Waals surface area contributed by atoms with Crippen LogP contribution in [0.15, 0.2) is 246 Å². The van der Waals surface area contributed by atoms with E-state index in [-0.39, 0.29) is 0 Å². The van der Waals surface area contributed by atoms with Gasteiger partial charge in [-0.1, -0.05) is 212 Å². The number of nitrogens with zero attached hydrogens (tertiary/aromatic N) is 1. The molecule has 2 heteroatoms. The lowest BCUT2D eigenvalue weighted by molar-refractivity contribution is 0.725. The second-order valence-corrected chi connectivity index (χ2v) is 17.0. The standard InChI is InChI=1S/C59H39NS/c1-4-17-40(18-5-1)42-31-35-46(36-32-42)60(54-38-34-45(41-19-6-2-7-20-41)39-50(54)43-21-8-3-9-22-43)55-29-16-30-56-57(55)59(53-37-33-44-23-10-11-24-47(44)58(53)61-56)51-27-14-12-25-48(51)49-26-13-15-28-52(49)59/h1-39H. The average molecular weight is 794 g/mol. The van der Waals surface area contributed by atoms with Crippen molar-refractivity contribution < 1.29 is 0 Å². The molecule has 61 heavy (non-hydrogen) atoms. The summed E-state index contributed by atoms with van der Waals surface area (Å²) in [4.78, 5) is 5.13. The molecule has 0 saturated carbocycles. The van der Waals surface area contributed by atoms with Gasteiger partial charge in [-0.25, -0.2) is 0 Å². The highest BCUT2D eigenvalue weighted by Crippen LogP contribution is 2.65. The Balaban J connectivity index is 1.19. The Labute approximate surface area is 361 Å². The van der Waals surface area contributed by atoms with Crippen LogP contribution in [0.2, 0.25) is 0 Å². The predicted molar refractivity (Wildman–Crippen MR) is 256 cm³/mol. The largest absolute Gasteiger partial charge is 0.309 e. The fraction of sp³-hybridized carbons (Fsp3) is 0.0169. The zero-order chi connectivity index (χ0) is 40.3. The molecule has 12 rings (SSSR count). The molecule has 1 nitrogen and oxygen atoms in total. The van der Waals surface area contributed by atoms with Crippen molar-refractivity contribution in [3.63, 3.8) is 0 Å². The van der Waals surface area contributed by atoms with Crippen LogP contribution < -0.4 is 4.90 Å². The van der Waals surface area contributed by atoms with Crippen molar-refractivity contribution in [1.82, 2.24) is 0 Å². The number of benzene rings is 10. The SMILES string of the molecule is c1ccc(-c2ccc(N(c3ccc(-c4ccccc4)cc3-c3ccccc3)c3cccc4c3C3(c5ccccc5-c5ccccc53)c3ccc5ccccc5c3S4)cc2)cc1. The first-order chi connectivity index (χ1) is 30.3. The summed E-state index contributed by atoms with van der Waals surface area (Å²) < 4.78 is 0. The lowest BCUT2D eigenvalue weighted by Gasteiger charge is -2.43. The van der Waals surface area contributed by atoms with Gasteiger partial charge >= 0.3 is 0 Å². The van der Waals surface area contributed by atoms with Gasteiger partial charge in [0.1, 0.15) is 0 Å². The van der Waals surface area contributed by atoms with E-state index in [0.717, 1.165) is 17.1 Å². The van der Waals surface area contributed by atoms with Crippen LogP contribution in [0.4, 0.5) is 17.1 Å². The molecule has 0 bridgehead atoms. The Morgan fingerprint density at radius 1 is 0.344 bits per heavy atom. The summed E-state index contributed by atoms with van der Waals surface area (Å²) in [5.74, 6) is 0. The third-order valence-electron chi connectivity index (χ3n) is 12.7. The summed E-state index contributed by atoms with van der Waals surface area (Å²) in [5, 5.41) is 2.55. The minimum Gasteiger partial charge on any atom is -0.309 e. The molecule has 1 aliphatic carbocycles. The van der Waals surface area contributed by atoms with Gasteiger partial charge in [0, 0.05) is 26.6 Å². The lowest BCUT2D eigenvalue weighted by Crippen LogP contribution is -2.34. The topological polar surface area (TPSA) is 3.24 Å². The number of rotatable bonds is 6. The molecule has 0 amide bonds. The third kappa shape index (κ3) is 5.57. The van der Waals surface area contributed by atoms with Crippen molar-refractivity contribution in [3.8, 4) is 44.5 Å². The molecule has 0 unspecified atom stereocenters. The van der Waals surface area contributed by atoms with Gasteiger partial charge in [-0.2, -0.15) is 0 Å². The van der Waals surface area contributed by atoms with Crippen molar-refractivity contribution >= 4 is 39.6 Å². The van der Waals surface area contributed by atoms with Crippen LogP contribution in [-0.2, 0) is 5.41 Å². The average Bonchev–Trinajstić information content (AvgIpc) is 3.63. The normalized spacial score (nSPS) is 13.0. The highest BCUT2D eigenvalue weighted by atomic mass is 32.2. The van der Waals surface area contributed by atoms with Gasteiger partial charge in [0.2, 0.25) is 0 Å². The van der Waals surface area contributed by atoms with E-state index in [1.54, 1.807) is 0 Å². The zero-order valence-corrected chi connectivity index (χ0v) is 34.2. The van der Waals surface area contributed by atoms with E-state index in [9.17, 15) is 0 Å². The molecule has 1 aliphatic heterocycles. The van der Waals surface area contributed by atoms with Gasteiger partial charge in [0.15, 0.2) is 0 Å².